The number of hydrogen-bond donors (Lipinski definition) is 1. The van der Waals surface area contributed by atoms with E-state index in [4.69, 9.17) is 4.52 Å². The highest BCUT2D eigenvalue weighted by molar-refractivity contribution is 5.28. The van der Waals surface area contributed by atoms with Gasteiger partial charge in [-0.15, -0.1) is 0 Å². The van der Waals surface area contributed by atoms with Crippen molar-refractivity contribution in [2.45, 2.75) is 31.7 Å². The Hall–Kier alpha value is -0.870. The predicted octanol–water partition coefficient (Wildman–Crippen LogP) is 1.13. The van der Waals surface area contributed by atoms with Gasteiger partial charge in [-0.1, -0.05) is 5.16 Å². The Morgan fingerprint density at radius 3 is 3.31 bits per heavy atom. The van der Waals surface area contributed by atoms with E-state index >= 15 is 0 Å². The smallest absolute Gasteiger partial charge is 0.144 e. The van der Waals surface area contributed by atoms with Gasteiger partial charge >= 0.3 is 0 Å². The molecule has 3 heterocycles. The van der Waals surface area contributed by atoms with Crippen LogP contribution in [0.2, 0.25) is 0 Å². The van der Waals surface area contributed by atoms with Gasteiger partial charge in [-0.2, -0.15) is 0 Å². The Kier molecular flexibility index (Phi) is 2.69. The van der Waals surface area contributed by atoms with Crippen molar-refractivity contribution in [1.29, 1.82) is 0 Å². The summed E-state index contributed by atoms with van der Waals surface area (Å²) in [7, 11) is 2.19. The monoisotopic (exact) mass is 221 g/mol. The molecule has 2 aliphatic rings. The van der Waals surface area contributed by atoms with Crippen molar-refractivity contribution >= 4 is 0 Å². The van der Waals surface area contributed by atoms with E-state index in [0.29, 0.717) is 5.92 Å². The Bertz CT molecular complexity index is 374. The summed E-state index contributed by atoms with van der Waals surface area (Å²) in [5.41, 5.74) is 2.52. The first-order valence-corrected chi connectivity index (χ1v) is 6.21. The molecule has 1 unspecified atom stereocenters. The van der Waals surface area contributed by atoms with Crippen molar-refractivity contribution in [2.75, 3.05) is 26.7 Å². The Balaban J connectivity index is 1.85. The zero-order chi connectivity index (χ0) is 11.0. The molecule has 1 N–H and O–H groups in total. The fourth-order valence-corrected chi connectivity index (χ4v) is 2.88. The van der Waals surface area contributed by atoms with Crippen molar-refractivity contribution in [3.8, 4) is 0 Å². The molecule has 0 aliphatic carbocycles. The van der Waals surface area contributed by atoms with Crippen LogP contribution in [0.1, 0.15) is 35.8 Å². The minimum atomic E-state index is 0.563. The molecule has 4 nitrogen and oxygen atoms in total. The lowest BCUT2D eigenvalue weighted by Gasteiger charge is -2.28. The largest absolute Gasteiger partial charge is 0.360 e. The van der Waals surface area contributed by atoms with Crippen LogP contribution < -0.4 is 5.32 Å². The molecule has 0 spiro atoms. The minimum Gasteiger partial charge on any atom is -0.360 e. The van der Waals surface area contributed by atoms with Crippen LogP contribution in [0.3, 0.4) is 0 Å². The molecular weight excluding hydrogens is 202 g/mol. The van der Waals surface area contributed by atoms with E-state index < -0.39 is 0 Å². The molecule has 1 aromatic rings. The summed E-state index contributed by atoms with van der Waals surface area (Å²) < 4.78 is 5.59. The van der Waals surface area contributed by atoms with Crippen LogP contribution in [0, 0.1) is 0 Å². The average Bonchev–Trinajstić information content (AvgIpc) is 2.72. The highest BCUT2D eigenvalue weighted by Crippen LogP contribution is 2.31. The third-order valence-electron chi connectivity index (χ3n) is 3.74. The summed E-state index contributed by atoms with van der Waals surface area (Å²) in [4.78, 5) is 2.39. The lowest BCUT2D eigenvalue weighted by molar-refractivity contribution is 0.223. The topological polar surface area (TPSA) is 41.3 Å². The van der Waals surface area contributed by atoms with Crippen molar-refractivity contribution < 1.29 is 4.52 Å². The van der Waals surface area contributed by atoms with Crippen LogP contribution in [0.25, 0.3) is 0 Å². The van der Waals surface area contributed by atoms with Gasteiger partial charge in [0, 0.05) is 24.6 Å². The van der Waals surface area contributed by atoms with Gasteiger partial charge in [0.25, 0.3) is 0 Å². The van der Waals surface area contributed by atoms with Gasteiger partial charge in [0.2, 0.25) is 0 Å². The first-order valence-electron chi connectivity index (χ1n) is 6.21. The summed E-state index contributed by atoms with van der Waals surface area (Å²) in [5, 5.41) is 7.53. The number of likely N-dealkylation sites (N-methyl/N-ethyl adjacent to an activating group) is 1. The van der Waals surface area contributed by atoms with E-state index in [1.54, 1.807) is 0 Å². The predicted molar refractivity (Wildman–Crippen MR) is 61.4 cm³/mol. The third kappa shape index (κ3) is 1.76. The molecule has 2 aliphatic heterocycles. The maximum absolute atomic E-state index is 5.59. The van der Waals surface area contributed by atoms with Crippen molar-refractivity contribution in [3.05, 3.63) is 17.0 Å². The normalized spacial score (nSPS) is 26.7. The molecule has 0 amide bonds. The quantitative estimate of drug-likeness (QED) is 0.772. The molecular formula is C12H19N3O. The van der Waals surface area contributed by atoms with Crippen LogP contribution >= 0.6 is 0 Å². The molecule has 0 saturated carbocycles. The first-order chi connectivity index (χ1) is 7.84. The average molecular weight is 221 g/mol. The van der Waals surface area contributed by atoms with E-state index in [1.165, 1.54) is 30.7 Å². The summed E-state index contributed by atoms with van der Waals surface area (Å²) in [5.74, 6) is 1.73. The lowest BCUT2D eigenvalue weighted by atomic mass is 9.91. The molecule has 0 bridgehead atoms. The number of fused-ring (bicyclic) bond motifs is 1. The van der Waals surface area contributed by atoms with Gasteiger partial charge in [-0.25, -0.2) is 0 Å². The highest BCUT2D eigenvalue weighted by atomic mass is 16.5. The van der Waals surface area contributed by atoms with Crippen molar-refractivity contribution in [2.24, 2.45) is 0 Å². The van der Waals surface area contributed by atoms with Crippen molar-refractivity contribution in [1.82, 2.24) is 15.4 Å². The maximum Gasteiger partial charge on any atom is 0.144 e. The van der Waals surface area contributed by atoms with E-state index in [0.717, 1.165) is 31.7 Å². The molecule has 1 aromatic heterocycles. The summed E-state index contributed by atoms with van der Waals surface area (Å²) in [6.07, 6.45) is 3.60. The molecule has 1 fully saturated rings. The van der Waals surface area contributed by atoms with E-state index in [2.05, 4.69) is 22.4 Å². The van der Waals surface area contributed by atoms with Crippen LogP contribution in [-0.4, -0.2) is 36.7 Å². The van der Waals surface area contributed by atoms with Crippen LogP contribution in [0.15, 0.2) is 4.52 Å². The van der Waals surface area contributed by atoms with Gasteiger partial charge in [0.1, 0.15) is 11.5 Å². The standard InChI is InChI=1S/C12H19N3O/c1-15-6-2-3-9(8-15)12-10-4-5-13-7-11(10)14-16-12/h9,13H,2-8H2,1H3. The van der Waals surface area contributed by atoms with Crippen molar-refractivity contribution in [3.63, 3.8) is 0 Å². The SMILES string of the molecule is CN1CCCC(c2onc3c2CCNC3)C1. The van der Waals surface area contributed by atoms with Crippen LogP contribution in [-0.2, 0) is 13.0 Å². The molecule has 4 heteroatoms. The molecule has 0 aromatic carbocycles. The number of nitrogens with zero attached hydrogens (tertiary/aromatic N) is 2. The summed E-state index contributed by atoms with van der Waals surface area (Å²) >= 11 is 0. The van der Waals surface area contributed by atoms with E-state index in [-0.39, 0.29) is 0 Å². The zero-order valence-electron chi connectivity index (χ0n) is 9.83. The highest BCUT2D eigenvalue weighted by Gasteiger charge is 2.28. The lowest BCUT2D eigenvalue weighted by Crippen LogP contribution is -2.31. The van der Waals surface area contributed by atoms with Gasteiger partial charge in [0.05, 0.1) is 0 Å². The Morgan fingerprint density at radius 1 is 1.50 bits per heavy atom. The number of likely N-dealkylation sites (tertiary alicyclic amines) is 1. The molecule has 16 heavy (non-hydrogen) atoms. The fraction of sp³-hybridized carbons (Fsp3) is 0.750. The molecule has 3 rings (SSSR count). The number of aromatic nitrogens is 1. The molecule has 1 saturated heterocycles. The van der Waals surface area contributed by atoms with Gasteiger partial charge in [-0.3, -0.25) is 0 Å². The molecule has 1 atom stereocenters. The Morgan fingerprint density at radius 2 is 2.44 bits per heavy atom. The third-order valence-corrected chi connectivity index (χ3v) is 3.74. The molecule has 0 radical (unpaired) electrons. The number of piperidine rings is 1. The Labute approximate surface area is 96.0 Å². The number of hydrogen-bond acceptors (Lipinski definition) is 4. The van der Waals surface area contributed by atoms with Gasteiger partial charge in [0.15, 0.2) is 0 Å². The second kappa shape index (κ2) is 4.18. The number of nitrogens with one attached hydrogen (secondary N) is 1. The maximum atomic E-state index is 5.59. The summed E-state index contributed by atoms with van der Waals surface area (Å²) in [6.45, 7) is 4.27. The summed E-state index contributed by atoms with van der Waals surface area (Å²) in [6, 6.07) is 0. The zero-order valence-corrected chi connectivity index (χ0v) is 9.83. The van der Waals surface area contributed by atoms with E-state index in [1.807, 2.05) is 0 Å². The van der Waals surface area contributed by atoms with E-state index in [9.17, 15) is 0 Å². The van der Waals surface area contributed by atoms with Gasteiger partial charge in [-0.05, 0) is 39.4 Å². The molecule has 88 valence electrons. The first kappa shape index (κ1) is 10.3. The minimum absolute atomic E-state index is 0.563. The second-order valence-electron chi connectivity index (χ2n) is 5.00. The fourth-order valence-electron chi connectivity index (χ4n) is 2.88. The van der Waals surface area contributed by atoms with Crippen LogP contribution in [0.5, 0.6) is 0 Å². The van der Waals surface area contributed by atoms with Crippen LogP contribution in [0.4, 0.5) is 0 Å². The number of rotatable bonds is 1. The second-order valence-corrected chi connectivity index (χ2v) is 5.00. The van der Waals surface area contributed by atoms with Gasteiger partial charge < -0.3 is 14.7 Å².